The van der Waals surface area contributed by atoms with Gasteiger partial charge >= 0.3 is 12.0 Å². The third-order valence-corrected chi connectivity index (χ3v) is 7.76. The molecular weight excluding hydrogens is 508 g/mol. The van der Waals surface area contributed by atoms with Gasteiger partial charge in [-0.1, -0.05) is 51.8 Å². The molecule has 3 aromatic rings. The number of nitrogens with zero attached hydrogens (tertiary/aromatic N) is 2. The molecule has 1 aliphatic carbocycles. The second kappa shape index (κ2) is 12.6. The molecule has 10 heteroatoms. The first kappa shape index (κ1) is 29.2. The molecule has 1 fully saturated rings. The zero-order chi connectivity index (χ0) is 29.0. The zero-order valence-electron chi connectivity index (χ0n) is 24.1. The van der Waals surface area contributed by atoms with Crippen molar-refractivity contribution in [3.63, 3.8) is 0 Å². The third kappa shape index (κ3) is 7.03. The molecule has 216 valence electrons. The molecular formula is C30H42N6O4. The number of H-pyrrole nitrogens is 1. The number of para-hydroxylation sites is 1. The Kier molecular flexibility index (Phi) is 9.17. The van der Waals surface area contributed by atoms with Crippen molar-refractivity contribution >= 4 is 28.8 Å². The second-order valence-electron chi connectivity index (χ2n) is 11.7. The van der Waals surface area contributed by atoms with Gasteiger partial charge in [-0.15, -0.1) is 0 Å². The lowest BCUT2D eigenvalue weighted by Gasteiger charge is -2.29. The van der Waals surface area contributed by atoms with E-state index in [2.05, 4.69) is 32.8 Å². The van der Waals surface area contributed by atoms with E-state index in [-0.39, 0.29) is 29.6 Å². The van der Waals surface area contributed by atoms with Crippen LogP contribution in [0, 0.1) is 18.8 Å². The first-order valence-electron chi connectivity index (χ1n) is 14.2. The van der Waals surface area contributed by atoms with E-state index in [0.29, 0.717) is 30.3 Å². The van der Waals surface area contributed by atoms with Crippen molar-refractivity contribution in [3.05, 3.63) is 53.2 Å². The lowest BCUT2D eigenvalue weighted by Crippen LogP contribution is -2.53. The van der Waals surface area contributed by atoms with Crippen LogP contribution in [0.4, 0.5) is 4.79 Å². The highest BCUT2D eigenvalue weighted by molar-refractivity contribution is 5.88. The van der Waals surface area contributed by atoms with Gasteiger partial charge in [0.25, 0.3) is 0 Å². The van der Waals surface area contributed by atoms with Crippen molar-refractivity contribution in [1.82, 2.24) is 30.5 Å². The smallest absolute Gasteiger partial charge is 0.356 e. The number of hydrogen-bond acceptors (Lipinski definition) is 4. The SMILES string of the molecule is Cc1[nH]c([C@@H](Cc2cn(C)c3ccccc23)NC(=O)[C@H](CC(C)C)NC(=O)NC2CCCC(C)C2)nc1C(=O)O. The summed E-state index contributed by atoms with van der Waals surface area (Å²) < 4.78 is 2.03. The Morgan fingerprint density at radius 2 is 1.93 bits per heavy atom. The molecule has 4 atom stereocenters. The summed E-state index contributed by atoms with van der Waals surface area (Å²) >= 11 is 0. The minimum absolute atomic E-state index is 0.0786. The number of urea groups is 1. The van der Waals surface area contributed by atoms with Crippen molar-refractivity contribution in [2.75, 3.05) is 0 Å². The predicted molar refractivity (Wildman–Crippen MR) is 154 cm³/mol. The van der Waals surface area contributed by atoms with E-state index in [9.17, 15) is 19.5 Å². The summed E-state index contributed by atoms with van der Waals surface area (Å²) in [6.45, 7) is 7.86. The number of benzene rings is 1. The molecule has 0 spiro atoms. The van der Waals surface area contributed by atoms with Crippen LogP contribution in [0.1, 0.15) is 86.5 Å². The minimum atomic E-state index is -1.14. The molecule has 0 bridgehead atoms. The molecule has 0 saturated heterocycles. The Bertz CT molecular complexity index is 1360. The summed E-state index contributed by atoms with van der Waals surface area (Å²) in [6, 6.07) is 6.36. The van der Waals surface area contributed by atoms with E-state index < -0.39 is 18.1 Å². The Labute approximate surface area is 235 Å². The maximum Gasteiger partial charge on any atom is 0.356 e. The molecule has 40 heavy (non-hydrogen) atoms. The van der Waals surface area contributed by atoms with Crippen LogP contribution in [-0.2, 0) is 18.3 Å². The number of aromatic carboxylic acids is 1. The molecule has 0 aliphatic heterocycles. The topological polar surface area (TPSA) is 141 Å². The highest BCUT2D eigenvalue weighted by atomic mass is 16.4. The van der Waals surface area contributed by atoms with Gasteiger partial charge < -0.3 is 30.6 Å². The van der Waals surface area contributed by atoms with Crippen molar-refractivity contribution in [2.24, 2.45) is 18.9 Å². The molecule has 3 amide bonds. The van der Waals surface area contributed by atoms with Crippen LogP contribution >= 0.6 is 0 Å². The first-order valence-corrected chi connectivity index (χ1v) is 14.2. The molecule has 1 aromatic carbocycles. The van der Waals surface area contributed by atoms with Gasteiger partial charge in [-0.05, 0) is 49.7 Å². The highest BCUT2D eigenvalue weighted by Crippen LogP contribution is 2.26. The lowest BCUT2D eigenvalue weighted by molar-refractivity contribution is -0.124. The number of carboxylic acid groups (broad SMARTS) is 1. The van der Waals surface area contributed by atoms with Gasteiger partial charge in [-0.25, -0.2) is 14.6 Å². The summed E-state index contributed by atoms with van der Waals surface area (Å²) in [4.78, 5) is 45.8. The van der Waals surface area contributed by atoms with Gasteiger partial charge in [0.05, 0.1) is 6.04 Å². The van der Waals surface area contributed by atoms with Gasteiger partial charge in [0.15, 0.2) is 5.69 Å². The quantitative estimate of drug-likeness (QED) is 0.251. The van der Waals surface area contributed by atoms with Gasteiger partial charge in [0, 0.05) is 42.3 Å². The standard InChI is InChI=1S/C30H42N6O4/c1-17(2)13-24(34-30(40)32-21-10-8-9-18(3)14-21)28(37)33-23(27-31-19(4)26(35-27)29(38)39)15-20-16-36(5)25-12-7-6-11-22(20)25/h6-7,11-12,16-18,21,23-24H,8-10,13-15H2,1-5H3,(H,31,35)(H,33,37)(H,38,39)(H2,32,34,40)/t18?,21?,23-,24+/m1/s1. The van der Waals surface area contributed by atoms with E-state index >= 15 is 0 Å². The van der Waals surface area contributed by atoms with Crippen LogP contribution in [-0.4, -0.2) is 49.6 Å². The fraction of sp³-hybridized carbons (Fsp3) is 0.533. The molecule has 2 heterocycles. The van der Waals surface area contributed by atoms with Crippen LogP contribution < -0.4 is 16.0 Å². The normalized spacial score (nSPS) is 18.9. The van der Waals surface area contributed by atoms with Crippen molar-refractivity contribution in [3.8, 4) is 0 Å². The average Bonchev–Trinajstić information content (AvgIpc) is 3.43. The van der Waals surface area contributed by atoms with E-state index in [1.54, 1.807) is 6.92 Å². The van der Waals surface area contributed by atoms with Crippen LogP contribution in [0.3, 0.4) is 0 Å². The Morgan fingerprint density at radius 1 is 1.18 bits per heavy atom. The first-order chi connectivity index (χ1) is 19.0. The molecule has 1 saturated carbocycles. The second-order valence-corrected chi connectivity index (χ2v) is 11.7. The van der Waals surface area contributed by atoms with Gasteiger partial charge in [0.2, 0.25) is 5.91 Å². The molecule has 1 aliphatic rings. The third-order valence-electron chi connectivity index (χ3n) is 7.76. The van der Waals surface area contributed by atoms with Gasteiger partial charge in [-0.3, -0.25) is 4.79 Å². The van der Waals surface area contributed by atoms with Crippen molar-refractivity contribution in [2.45, 2.75) is 84.3 Å². The Balaban J connectivity index is 1.57. The number of carbonyl (C=O) groups is 3. The molecule has 2 aromatic heterocycles. The molecule has 10 nitrogen and oxygen atoms in total. The highest BCUT2D eigenvalue weighted by Gasteiger charge is 2.29. The van der Waals surface area contributed by atoms with Crippen LogP contribution in [0.15, 0.2) is 30.5 Å². The predicted octanol–water partition coefficient (Wildman–Crippen LogP) is 4.60. The average molecular weight is 551 g/mol. The molecule has 0 radical (unpaired) electrons. The number of hydrogen-bond donors (Lipinski definition) is 5. The molecule has 2 unspecified atom stereocenters. The lowest BCUT2D eigenvalue weighted by atomic mass is 9.87. The number of rotatable bonds is 10. The van der Waals surface area contributed by atoms with Crippen molar-refractivity contribution in [1.29, 1.82) is 0 Å². The number of aromatic amines is 1. The summed E-state index contributed by atoms with van der Waals surface area (Å²) in [6.07, 6.45) is 6.99. The Hall–Kier alpha value is -3.82. The Morgan fingerprint density at radius 3 is 2.60 bits per heavy atom. The number of carboxylic acids is 1. The fourth-order valence-electron chi connectivity index (χ4n) is 5.81. The molecule has 5 N–H and O–H groups in total. The van der Waals surface area contributed by atoms with Crippen LogP contribution in [0.2, 0.25) is 0 Å². The number of imidazole rings is 1. The van der Waals surface area contributed by atoms with Crippen molar-refractivity contribution < 1.29 is 19.5 Å². The number of nitrogens with one attached hydrogen (secondary N) is 4. The zero-order valence-corrected chi connectivity index (χ0v) is 24.1. The monoisotopic (exact) mass is 550 g/mol. The minimum Gasteiger partial charge on any atom is -0.476 e. The number of aryl methyl sites for hydroxylation is 2. The number of fused-ring (bicyclic) bond motifs is 1. The van der Waals surface area contributed by atoms with Crippen LogP contribution in [0.5, 0.6) is 0 Å². The van der Waals surface area contributed by atoms with Crippen LogP contribution in [0.25, 0.3) is 10.9 Å². The number of aromatic nitrogens is 3. The van der Waals surface area contributed by atoms with E-state index in [0.717, 1.165) is 35.7 Å². The maximum absolute atomic E-state index is 13.7. The fourth-order valence-corrected chi connectivity index (χ4v) is 5.81. The van der Waals surface area contributed by atoms with E-state index in [1.165, 1.54) is 6.42 Å². The largest absolute Gasteiger partial charge is 0.476 e. The number of carbonyl (C=O) groups excluding carboxylic acids is 2. The molecule has 4 rings (SSSR count). The maximum atomic E-state index is 13.7. The van der Waals surface area contributed by atoms with E-state index in [1.807, 2.05) is 55.9 Å². The number of amides is 3. The summed E-state index contributed by atoms with van der Waals surface area (Å²) in [5, 5.41) is 19.7. The van der Waals surface area contributed by atoms with Gasteiger partial charge in [-0.2, -0.15) is 0 Å². The van der Waals surface area contributed by atoms with Gasteiger partial charge in [0.1, 0.15) is 11.9 Å². The summed E-state index contributed by atoms with van der Waals surface area (Å²) in [7, 11) is 1.97. The summed E-state index contributed by atoms with van der Waals surface area (Å²) in [5.41, 5.74) is 2.38. The summed E-state index contributed by atoms with van der Waals surface area (Å²) in [5.74, 6) is -0.386. The van der Waals surface area contributed by atoms with E-state index in [4.69, 9.17) is 0 Å².